The maximum Gasteiger partial charge on any atom is 0.333 e. The van der Waals surface area contributed by atoms with Gasteiger partial charge in [-0.15, -0.1) is 0 Å². The lowest BCUT2D eigenvalue weighted by Gasteiger charge is -2.13. The average Bonchev–Trinajstić information content (AvgIpc) is 3.39. The van der Waals surface area contributed by atoms with E-state index in [4.69, 9.17) is 21.3 Å². The highest BCUT2D eigenvalue weighted by Gasteiger charge is 2.26. The highest BCUT2D eigenvalue weighted by Crippen LogP contribution is 2.34. The Hall–Kier alpha value is -4.11. The molecule has 35 heavy (non-hydrogen) atoms. The van der Waals surface area contributed by atoms with Crippen LogP contribution in [0.3, 0.4) is 0 Å². The second-order valence-electron chi connectivity index (χ2n) is 8.29. The number of carbonyl (C=O) groups is 1. The number of ketones is 1. The van der Waals surface area contributed by atoms with Gasteiger partial charge >= 0.3 is 5.69 Å². The van der Waals surface area contributed by atoms with Crippen LogP contribution in [0.4, 0.5) is 0 Å². The van der Waals surface area contributed by atoms with E-state index in [9.17, 15) is 14.4 Å². The van der Waals surface area contributed by atoms with Crippen molar-refractivity contribution in [2.24, 2.45) is 7.05 Å². The number of carbonyl (C=O) groups excluding carboxylic acids is 1. The molecule has 9 nitrogen and oxygen atoms in total. The second-order valence-corrected chi connectivity index (χ2v) is 8.73. The first-order chi connectivity index (χ1) is 16.7. The number of benzene rings is 2. The highest BCUT2D eigenvalue weighted by atomic mass is 35.5. The third kappa shape index (κ3) is 3.38. The molecule has 3 heterocycles. The summed E-state index contributed by atoms with van der Waals surface area (Å²) >= 11 is 6.35. The van der Waals surface area contributed by atoms with E-state index in [1.165, 1.54) is 25.5 Å². The van der Waals surface area contributed by atoms with E-state index in [-0.39, 0.29) is 16.9 Å². The van der Waals surface area contributed by atoms with E-state index in [2.05, 4.69) is 0 Å². The molecule has 5 rings (SSSR count). The number of Topliss-reactive ketones (excluding diaryl/α,β-unsaturated/α-hetero) is 1. The Morgan fingerprint density at radius 1 is 1.11 bits per heavy atom. The van der Waals surface area contributed by atoms with Crippen LogP contribution >= 0.6 is 11.6 Å². The third-order valence-corrected chi connectivity index (χ3v) is 6.46. The van der Waals surface area contributed by atoms with Gasteiger partial charge in [0.15, 0.2) is 16.9 Å². The van der Waals surface area contributed by atoms with Crippen LogP contribution < -0.4 is 16.0 Å². The van der Waals surface area contributed by atoms with Crippen LogP contribution in [-0.4, -0.2) is 36.0 Å². The molecule has 178 valence electrons. The van der Waals surface area contributed by atoms with Gasteiger partial charge in [0.25, 0.3) is 5.56 Å². The van der Waals surface area contributed by atoms with Crippen molar-refractivity contribution in [1.29, 1.82) is 0 Å². The SMILES string of the molecule is COc1ccc(Cl)cc1-n1c(-c2ccccc2)cn2c3c(=O)n([C@@H](C)C(C)=O)c(=O)n(C)c3nc12. The summed E-state index contributed by atoms with van der Waals surface area (Å²) in [5.41, 5.74) is 1.41. The first-order valence-corrected chi connectivity index (χ1v) is 11.3. The second kappa shape index (κ2) is 8.28. The molecule has 10 heteroatoms. The molecule has 0 aliphatic heterocycles. The van der Waals surface area contributed by atoms with Crippen molar-refractivity contribution in [3.05, 3.63) is 80.6 Å². The molecule has 3 aromatic heterocycles. The van der Waals surface area contributed by atoms with Crippen molar-refractivity contribution < 1.29 is 9.53 Å². The van der Waals surface area contributed by atoms with Gasteiger partial charge in [0.05, 0.1) is 24.5 Å². The summed E-state index contributed by atoms with van der Waals surface area (Å²) in [5, 5.41) is 0.493. The Kier molecular flexibility index (Phi) is 5.36. The number of ether oxygens (including phenoxy) is 1. The van der Waals surface area contributed by atoms with Gasteiger partial charge in [0.2, 0.25) is 5.78 Å². The van der Waals surface area contributed by atoms with E-state index in [1.807, 2.05) is 34.9 Å². The van der Waals surface area contributed by atoms with Gasteiger partial charge in [-0.2, -0.15) is 4.98 Å². The van der Waals surface area contributed by atoms with Crippen LogP contribution in [0.15, 0.2) is 64.3 Å². The number of rotatable bonds is 5. The lowest BCUT2D eigenvalue weighted by molar-refractivity contribution is -0.119. The zero-order valence-corrected chi connectivity index (χ0v) is 20.3. The summed E-state index contributed by atoms with van der Waals surface area (Å²) in [5.74, 6) is 0.642. The molecule has 0 spiro atoms. The molecule has 0 unspecified atom stereocenters. The number of aryl methyl sites for hydroxylation is 1. The number of imidazole rings is 2. The molecule has 0 amide bonds. The number of hydrogen-bond donors (Lipinski definition) is 0. The number of hydrogen-bond acceptors (Lipinski definition) is 5. The Balaban J connectivity index is 1.98. The largest absolute Gasteiger partial charge is 0.495 e. The predicted molar refractivity (Wildman–Crippen MR) is 134 cm³/mol. The molecular weight excluding hydrogens is 470 g/mol. The Morgan fingerprint density at radius 2 is 1.83 bits per heavy atom. The van der Waals surface area contributed by atoms with Gasteiger partial charge in [-0.3, -0.25) is 23.1 Å². The van der Waals surface area contributed by atoms with Gasteiger partial charge in [-0.05, 0) is 32.0 Å². The molecule has 0 radical (unpaired) electrons. The van der Waals surface area contributed by atoms with Gasteiger partial charge in [0.1, 0.15) is 5.75 Å². The maximum atomic E-state index is 13.6. The quantitative estimate of drug-likeness (QED) is 0.374. The molecule has 0 aliphatic rings. The number of nitrogens with zero attached hydrogens (tertiary/aromatic N) is 5. The summed E-state index contributed by atoms with van der Waals surface area (Å²) in [6.07, 6.45) is 1.79. The molecule has 0 bridgehead atoms. The molecule has 5 aromatic rings. The average molecular weight is 492 g/mol. The van der Waals surface area contributed by atoms with E-state index >= 15 is 0 Å². The van der Waals surface area contributed by atoms with E-state index in [0.717, 1.165) is 15.8 Å². The highest BCUT2D eigenvalue weighted by molar-refractivity contribution is 6.30. The third-order valence-electron chi connectivity index (χ3n) is 6.23. The van der Waals surface area contributed by atoms with Crippen LogP contribution in [0.5, 0.6) is 5.75 Å². The number of aromatic nitrogens is 5. The zero-order valence-electron chi connectivity index (χ0n) is 19.5. The van der Waals surface area contributed by atoms with Crippen LogP contribution in [-0.2, 0) is 11.8 Å². The van der Waals surface area contributed by atoms with Crippen LogP contribution in [0.25, 0.3) is 33.9 Å². The van der Waals surface area contributed by atoms with E-state index in [0.29, 0.717) is 22.2 Å². The summed E-state index contributed by atoms with van der Waals surface area (Å²) in [7, 11) is 3.09. The first kappa shape index (κ1) is 22.7. The lowest BCUT2D eigenvalue weighted by atomic mass is 10.1. The molecule has 2 aromatic carbocycles. The van der Waals surface area contributed by atoms with Crippen molar-refractivity contribution in [2.45, 2.75) is 19.9 Å². The van der Waals surface area contributed by atoms with Crippen molar-refractivity contribution >= 4 is 34.3 Å². The maximum absolute atomic E-state index is 13.6. The lowest BCUT2D eigenvalue weighted by Crippen LogP contribution is -2.42. The predicted octanol–water partition coefficient (Wildman–Crippen LogP) is 3.62. The van der Waals surface area contributed by atoms with Crippen molar-refractivity contribution in [3.63, 3.8) is 0 Å². The fourth-order valence-corrected chi connectivity index (χ4v) is 4.44. The zero-order chi connectivity index (χ0) is 25.0. The van der Waals surface area contributed by atoms with Crippen molar-refractivity contribution in [1.82, 2.24) is 23.1 Å². The van der Waals surface area contributed by atoms with E-state index in [1.54, 1.807) is 35.9 Å². The Morgan fingerprint density at radius 3 is 2.49 bits per heavy atom. The normalized spacial score (nSPS) is 12.4. The minimum Gasteiger partial charge on any atom is -0.495 e. The van der Waals surface area contributed by atoms with Gasteiger partial charge in [-0.1, -0.05) is 41.9 Å². The summed E-state index contributed by atoms with van der Waals surface area (Å²) in [6, 6.07) is 13.9. The smallest absolute Gasteiger partial charge is 0.333 e. The number of methoxy groups -OCH3 is 1. The topological polar surface area (TPSA) is 92.5 Å². The fourth-order valence-electron chi connectivity index (χ4n) is 4.27. The standard InChI is InChI=1S/C25H22ClN5O4/c1-14(15(2)32)30-23(33)21-22(28(3)25(30)34)27-24-29(21)13-19(16-8-6-5-7-9-16)31(24)18-12-17(26)10-11-20(18)35-4/h5-14H,1-4H3/t14-/m0/s1. The molecular formula is C25H22ClN5O4. The van der Waals surface area contributed by atoms with Crippen LogP contribution in [0.1, 0.15) is 19.9 Å². The monoisotopic (exact) mass is 491 g/mol. The van der Waals surface area contributed by atoms with Crippen LogP contribution in [0.2, 0.25) is 5.02 Å². The molecule has 1 atom stereocenters. The molecule has 0 saturated carbocycles. The summed E-state index contributed by atoms with van der Waals surface area (Å²) < 4.78 is 11.3. The summed E-state index contributed by atoms with van der Waals surface area (Å²) in [6.45, 7) is 2.88. The van der Waals surface area contributed by atoms with E-state index < -0.39 is 17.3 Å². The molecule has 0 aliphatic carbocycles. The number of halogens is 1. The van der Waals surface area contributed by atoms with Crippen molar-refractivity contribution in [2.75, 3.05) is 7.11 Å². The molecule has 0 N–H and O–H groups in total. The summed E-state index contributed by atoms with van der Waals surface area (Å²) in [4.78, 5) is 43.4. The first-order valence-electron chi connectivity index (χ1n) is 10.9. The fraction of sp³-hybridized carbons (Fsp3) is 0.200. The Bertz CT molecular complexity index is 1740. The minimum atomic E-state index is -0.917. The van der Waals surface area contributed by atoms with Gasteiger partial charge in [-0.25, -0.2) is 9.36 Å². The van der Waals surface area contributed by atoms with Gasteiger partial charge < -0.3 is 4.74 Å². The number of fused-ring (bicyclic) bond motifs is 3. The molecule has 0 fully saturated rings. The minimum absolute atomic E-state index is 0.187. The van der Waals surface area contributed by atoms with Crippen LogP contribution in [0, 0.1) is 0 Å². The Labute approximate surface area is 204 Å². The van der Waals surface area contributed by atoms with Gasteiger partial charge in [0, 0.05) is 23.8 Å². The molecule has 0 saturated heterocycles. The van der Waals surface area contributed by atoms with Crippen molar-refractivity contribution in [3.8, 4) is 22.7 Å².